The van der Waals surface area contributed by atoms with E-state index < -0.39 is 5.97 Å². The van der Waals surface area contributed by atoms with Crippen LogP contribution in [-0.4, -0.2) is 21.0 Å². The molecule has 0 amide bonds. The van der Waals surface area contributed by atoms with E-state index in [0.29, 0.717) is 5.92 Å². The molecular formula is C14H20N2O2. The Labute approximate surface area is 107 Å². The number of aromatic nitrogens is 2. The summed E-state index contributed by atoms with van der Waals surface area (Å²) in [7, 11) is 0. The first-order valence-electron chi connectivity index (χ1n) is 6.75. The van der Waals surface area contributed by atoms with E-state index in [0.717, 1.165) is 24.4 Å². The topological polar surface area (TPSA) is 63.1 Å². The number of rotatable bonds is 2. The van der Waals surface area contributed by atoms with Crippen LogP contribution < -0.4 is 0 Å². The molecule has 0 radical (unpaired) electrons. The van der Waals surface area contributed by atoms with Gasteiger partial charge in [0.2, 0.25) is 0 Å². The van der Waals surface area contributed by atoms with Crippen LogP contribution in [0.1, 0.15) is 72.9 Å². The number of aryl methyl sites for hydroxylation is 1. The van der Waals surface area contributed by atoms with Gasteiger partial charge in [-0.1, -0.05) is 32.1 Å². The van der Waals surface area contributed by atoms with Gasteiger partial charge in [-0.2, -0.15) is 0 Å². The Bertz CT molecular complexity index is 424. The van der Waals surface area contributed by atoms with Gasteiger partial charge in [0.25, 0.3) is 0 Å². The van der Waals surface area contributed by atoms with Crippen LogP contribution >= 0.6 is 0 Å². The Morgan fingerprint density at radius 1 is 1.17 bits per heavy atom. The van der Waals surface area contributed by atoms with E-state index in [-0.39, 0.29) is 5.69 Å². The molecule has 1 heterocycles. The van der Waals surface area contributed by atoms with Crippen molar-refractivity contribution in [3.63, 3.8) is 0 Å². The Morgan fingerprint density at radius 2 is 1.78 bits per heavy atom. The summed E-state index contributed by atoms with van der Waals surface area (Å²) in [5.74, 6) is 0.102. The summed E-state index contributed by atoms with van der Waals surface area (Å²) < 4.78 is 0. The Balaban J connectivity index is 2.22. The molecule has 1 fully saturated rings. The van der Waals surface area contributed by atoms with Crippen molar-refractivity contribution in [2.45, 2.75) is 57.8 Å². The largest absolute Gasteiger partial charge is 0.477 e. The van der Waals surface area contributed by atoms with Crippen LogP contribution in [0.25, 0.3) is 0 Å². The minimum atomic E-state index is -0.965. The third-order valence-electron chi connectivity index (χ3n) is 3.56. The first-order chi connectivity index (χ1) is 8.66. The van der Waals surface area contributed by atoms with Gasteiger partial charge in [0.05, 0.1) is 0 Å². The maximum atomic E-state index is 11.0. The van der Waals surface area contributed by atoms with Crippen molar-refractivity contribution in [2.75, 3.05) is 0 Å². The van der Waals surface area contributed by atoms with Gasteiger partial charge in [-0.25, -0.2) is 14.8 Å². The Hall–Kier alpha value is -1.45. The molecule has 0 saturated heterocycles. The number of nitrogens with zero attached hydrogens (tertiary/aromatic N) is 2. The molecule has 1 saturated carbocycles. The van der Waals surface area contributed by atoms with Gasteiger partial charge in [-0.3, -0.25) is 0 Å². The fraction of sp³-hybridized carbons (Fsp3) is 0.643. The van der Waals surface area contributed by atoms with Crippen LogP contribution in [0.15, 0.2) is 6.07 Å². The van der Waals surface area contributed by atoms with Crippen molar-refractivity contribution in [2.24, 2.45) is 0 Å². The highest BCUT2D eigenvalue weighted by atomic mass is 16.4. The van der Waals surface area contributed by atoms with E-state index in [4.69, 9.17) is 5.11 Å². The summed E-state index contributed by atoms with van der Waals surface area (Å²) in [6, 6.07) is 1.54. The molecule has 98 valence electrons. The highest BCUT2D eigenvalue weighted by molar-refractivity contribution is 5.85. The highest BCUT2D eigenvalue weighted by Crippen LogP contribution is 2.29. The van der Waals surface area contributed by atoms with E-state index in [1.807, 2.05) is 6.92 Å². The quantitative estimate of drug-likeness (QED) is 0.872. The van der Waals surface area contributed by atoms with Crippen molar-refractivity contribution in [1.82, 2.24) is 9.97 Å². The lowest BCUT2D eigenvalue weighted by molar-refractivity contribution is 0.0689. The van der Waals surface area contributed by atoms with Gasteiger partial charge in [0, 0.05) is 11.6 Å². The van der Waals surface area contributed by atoms with Crippen molar-refractivity contribution >= 4 is 5.97 Å². The average molecular weight is 248 g/mol. The molecule has 0 aliphatic heterocycles. The molecule has 0 bridgehead atoms. The number of hydrogen-bond donors (Lipinski definition) is 1. The summed E-state index contributed by atoms with van der Waals surface area (Å²) in [6.45, 7) is 1.83. The van der Waals surface area contributed by atoms with Gasteiger partial charge in [-0.05, 0) is 25.8 Å². The molecule has 0 atom stereocenters. The highest BCUT2D eigenvalue weighted by Gasteiger charge is 2.18. The lowest BCUT2D eigenvalue weighted by Crippen LogP contribution is -2.12. The maximum absolute atomic E-state index is 11.0. The van der Waals surface area contributed by atoms with Crippen LogP contribution in [0, 0.1) is 6.92 Å². The molecule has 1 aromatic heterocycles. The van der Waals surface area contributed by atoms with Crippen molar-refractivity contribution in [3.05, 3.63) is 23.3 Å². The summed E-state index contributed by atoms with van der Waals surface area (Å²) in [5, 5.41) is 9.04. The normalized spacial score (nSPS) is 18.1. The molecule has 1 aliphatic rings. The first-order valence-corrected chi connectivity index (χ1v) is 6.75. The Kier molecular flexibility index (Phi) is 4.28. The second-order valence-electron chi connectivity index (χ2n) is 5.10. The molecule has 1 aromatic rings. The van der Waals surface area contributed by atoms with Crippen LogP contribution in [0.3, 0.4) is 0 Å². The SMILES string of the molecule is Cc1cc(C(=O)O)nc(C2CCCCCCC2)n1. The minimum Gasteiger partial charge on any atom is -0.477 e. The van der Waals surface area contributed by atoms with E-state index in [1.165, 1.54) is 38.2 Å². The molecule has 1 N–H and O–H groups in total. The molecule has 2 rings (SSSR count). The molecular weight excluding hydrogens is 228 g/mol. The van der Waals surface area contributed by atoms with Crippen LogP contribution in [0.2, 0.25) is 0 Å². The van der Waals surface area contributed by atoms with E-state index in [1.54, 1.807) is 0 Å². The van der Waals surface area contributed by atoms with Gasteiger partial charge >= 0.3 is 5.97 Å². The molecule has 4 heteroatoms. The fourth-order valence-electron chi connectivity index (χ4n) is 2.60. The molecule has 4 nitrogen and oxygen atoms in total. The second-order valence-corrected chi connectivity index (χ2v) is 5.10. The lowest BCUT2D eigenvalue weighted by Gasteiger charge is -2.18. The zero-order valence-corrected chi connectivity index (χ0v) is 10.9. The number of hydrogen-bond acceptors (Lipinski definition) is 3. The van der Waals surface area contributed by atoms with Crippen LogP contribution in [0.5, 0.6) is 0 Å². The zero-order valence-electron chi connectivity index (χ0n) is 10.9. The lowest BCUT2D eigenvalue weighted by atomic mass is 9.90. The summed E-state index contributed by atoms with van der Waals surface area (Å²) in [5.41, 5.74) is 0.874. The average Bonchev–Trinajstić information content (AvgIpc) is 2.27. The standard InChI is InChI=1S/C14H20N2O2/c1-10-9-12(14(17)18)16-13(15-10)11-7-5-3-2-4-6-8-11/h9,11H,2-8H2,1H3,(H,17,18). The number of carbonyl (C=O) groups is 1. The summed E-state index contributed by atoms with van der Waals surface area (Å²) >= 11 is 0. The Morgan fingerprint density at radius 3 is 2.39 bits per heavy atom. The van der Waals surface area contributed by atoms with Crippen molar-refractivity contribution in [3.8, 4) is 0 Å². The summed E-state index contributed by atoms with van der Waals surface area (Å²) in [6.07, 6.45) is 8.43. The molecule has 1 aliphatic carbocycles. The van der Waals surface area contributed by atoms with Gasteiger partial charge in [0.1, 0.15) is 5.82 Å². The van der Waals surface area contributed by atoms with Gasteiger partial charge in [0.15, 0.2) is 5.69 Å². The van der Waals surface area contributed by atoms with Crippen LogP contribution in [-0.2, 0) is 0 Å². The predicted octanol–water partition coefficient (Wildman–Crippen LogP) is 3.31. The van der Waals surface area contributed by atoms with E-state index in [2.05, 4.69) is 9.97 Å². The maximum Gasteiger partial charge on any atom is 0.354 e. The van der Waals surface area contributed by atoms with Crippen molar-refractivity contribution < 1.29 is 9.90 Å². The van der Waals surface area contributed by atoms with Gasteiger partial charge < -0.3 is 5.11 Å². The minimum absolute atomic E-state index is 0.125. The predicted molar refractivity (Wildman–Crippen MR) is 68.8 cm³/mol. The molecule has 0 spiro atoms. The first kappa shape index (κ1) is 13.0. The number of carboxylic acids is 1. The molecule has 0 aromatic carbocycles. The monoisotopic (exact) mass is 248 g/mol. The third-order valence-corrected chi connectivity index (χ3v) is 3.56. The zero-order chi connectivity index (χ0) is 13.0. The van der Waals surface area contributed by atoms with Crippen molar-refractivity contribution in [1.29, 1.82) is 0 Å². The third kappa shape index (κ3) is 3.28. The van der Waals surface area contributed by atoms with E-state index >= 15 is 0 Å². The number of aromatic carboxylic acids is 1. The second kappa shape index (κ2) is 5.94. The smallest absolute Gasteiger partial charge is 0.354 e. The van der Waals surface area contributed by atoms with Gasteiger partial charge in [-0.15, -0.1) is 0 Å². The number of carboxylic acid groups (broad SMARTS) is 1. The van der Waals surface area contributed by atoms with E-state index in [9.17, 15) is 4.79 Å². The summed E-state index contributed by atoms with van der Waals surface area (Å²) in [4.78, 5) is 19.7. The molecule has 18 heavy (non-hydrogen) atoms. The van der Waals surface area contributed by atoms with Crippen LogP contribution in [0.4, 0.5) is 0 Å². The molecule has 0 unspecified atom stereocenters. The fourth-order valence-corrected chi connectivity index (χ4v) is 2.60.